The molecule has 19 heavy (non-hydrogen) atoms. The van der Waals surface area contributed by atoms with Gasteiger partial charge in [-0.15, -0.1) is 0 Å². The van der Waals surface area contributed by atoms with Crippen LogP contribution in [-0.2, 0) is 0 Å². The van der Waals surface area contributed by atoms with Crippen LogP contribution in [0.25, 0.3) is 22.4 Å². The maximum Gasteiger partial charge on any atom is 0.337 e. The predicted octanol–water partition coefficient (Wildman–Crippen LogP) is 2.63. The molecule has 0 saturated heterocycles. The van der Waals surface area contributed by atoms with Gasteiger partial charge in [0.1, 0.15) is 17.1 Å². The Hall–Kier alpha value is -2.82. The second kappa shape index (κ2) is 4.13. The number of aromatic hydroxyl groups is 1. The number of aromatic carboxylic acids is 1. The molecule has 0 fully saturated rings. The van der Waals surface area contributed by atoms with Gasteiger partial charge in [0, 0.05) is 0 Å². The lowest BCUT2D eigenvalue weighted by Crippen LogP contribution is -1.96. The van der Waals surface area contributed by atoms with Gasteiger partial charge in [-0.05, 0) is 24.3 Å². The van der Waals surface area contributed by atoms with E-state index in [9.17, 15) is 9.90 Å². The van der Waals surface area contributed by atoms with Crippen LogP contribution < -0.4 is 0 Å². The third-order valence-electron chi connectivity index (χ3n) is 2.90. The first-order chi connectivity index (χ1) is 9.16. The molecule has 0 amide bonds. The molecule has 0 bridgehead atoms. The Balaban J connectivity index is 2.26. The van der Waals surface area contributed by atoms with E-state index in [0.29, 0.717) is 22.4 Å². The number of fused-ring (bicyclic) bond motifs is 1. The average Bonchev–Trinajstić information content (AvgIpc) is 2.82. The zero-order chi connectivity index (χ0) is 13.4. The number of carbonyl (C=O) groups is 1. The first-order valence-corrected chi connectivity index (χ1v) is 5.67. The van der Waals surface area contributed by atoms with Crippen LogP contribution in [0.5, 0.6) is 5.75 Å². The molecule has 0 aliphatic carbocycles. The highest BCUT2D eigenvalue weighted by molar-refractivity contribution is 6.01. The number of nitrogens with zero attached hydrogens (tertiary/aromatic N) is 1. The van der Waals surface area contributed by atoms with Crippen LogP contribution >= 0.6 is 0 Å². The van der Waals surface area contributed by atoms with Crippen molar-refractivity contribution in [3.05, 3.63) is 48.0 Å². The SMILES string of the molecule is O=C(O)c1cccc2[nH]c(-c3ccccc3O)nc12. The number of nitrogens with one attached hydrogen (secondary N) is 1. The third kappa shape index (κ3) is 1.81. The summed E-state index contributed by atoms with van der Waals surface area (Å²) >= 11 is 0. The molecule has 0 aliphatic heterocycles. The van der Waals surface area contributed by atoms with Crippen LogP contribution in [0.1, 0.15) is 10.4 Å². The molecule has 0 unspecified atom stereocenters. The van der Waals surface area contributed by atoms with Gasteiger partial charge in [0.25, 0.3) is 0 Å². The van der Waals surface area contributed by atoms with Gasteiger partial charge >= 0.3 is 5.97 Å². The molecule has 0 saturated carbocycles. The number of para-hydroxylation sites is 2. The monoisotopic (exact) mass is 254 g/mol. The summed E-state index contributed by atoms with van der Waals surface area (Å²) in [5.41, 5.74) is 1.68. The summed E-state index contributed by atoms with van der Waals surface area (Å²) in [6.45, 7) is 0. The van der Waals surface area contributed by atoms with E-state index in [1.54, 1.807) is 36.4 Å². The summed E-state index contributed by atoms with van der Waals surface area (Å²) in [6, 6.07) is 11.7. The van der Waals surface area contributed by atoms with Crippen molar-refractivity contribution in [3.63, 3.8) is 0 Å². The second-order valence-corrected chi connectivity index (χ2v) is 4.11. The normalized spacial score (nSPS) is 10.7. The molecule has 3 aromatic rings. The number of carboxylic acid groups (broad SMARTS) is 1. The molecule has 1 aromatic heterocycles. The first kappa shape index (κ1) is 11.3. The van der Waals surface area contributed by atoms with Crippen LogP contribution in [-0.4, -0.2) is 26.2 Å². The largest absolute Gasteiger partial charge is 0.507 e. The number of H-pyrrole nitrogens is 1. The molecular weight excluding hydrogens is 244 g/mol. The Morgan fingerprint density at radius 1 is 1.11 bits per heavy atom. The van der Waals surface area contributed by atoms with E-state index in [0.717, 1.165) is 0 Å². The molecule has 0 atom stereocenters. The van der Waals surface area contributed by atoms with Crippen molar-refractivity contribution in [2.24, 2.45) is 0 Å². The van der Waals surface area contributed by atoms with Crippen LogP contribution in [0, 0.1) is 0 Å². The summed E-state index contributed by atoms with van der Waals surface area (Å²) in [6.07, 6.45) is 0. The Kier molecular flexibility index (Phi) is 2.45. The minimum atomic E-state index is -1.03. The van der Waals surface area contributed by atoms with Gasteiger partial charge in [0.05, 0.1) is 16.6 Å². The van der Waals surface area contributed by atoms with Crippen molar-refractivity contribution in [1.82, 2.24) is 9.97 Å². The van der Waals surface area contributed by atoms with Crippen LogP contribution in [0.15, 0.2) is 42.5 Å². The van der Waals surface area contributed by atoms with Crippen molar-refractivity contribution >= 4 is 17.0 Å². The lowest BCUT2D eigenvalue weighted by Gasteiger charge is -1.98. The summed E-state index contributed by atoms with van der Waals surface area (Å²) < 4.78 is 0. The molecular formula is C14H10N2O3. The van der Waals surface area contributed by atoms with Gasteiger partial charge in [-0.3, -0.25) is 0 Å². The molecule has 2 aromatic carbocycles. The number of benzene rings is 2. The number of imidazole rings is 1. The highest BCUT2D eigenvalue weighted by Crippen LogP contribution is 2.28. The summed E-state index contributed by atoms with van der Waals surface area (Å²) in [5.74, 6) is -0.485. The molecule has 0 spiro atoms. The van der Waals surface area contributed by atoms with Crippen LogP contribution in [0.4, 0.5) is 0 Å². The zero-order valence-corrected chi connectivity index (χ0v) is 9.79. The smallest absolute Gasteiger partial charge is 0.337 e. The standard InChI is InChI=1S/C14H10N2O3/c17-11-7-2-1-4-8(11)13-15-10-6-3-5-9(14(18)19)12(10)16-13/h1-7,17H,(H,15,16)(H,18,19). The molecule has 5 heteroatoms. The number of phenols is 1. The van der Waals surface area contributed by atoms with Crippen molar-refractivity contribution in [2.75, 3.05) is 0 Å². The minimum absolute atomic E-state index is 0.0958. The lowest BCUT2D eigenvalue weighted by molar-refractivity contribution is 0.0699. The van der Waals surface area contributed by atoms with E-state index in [1.807, 2.05) is 0 Å². The van der Waals surface area contributed by atoms with Gasteiger partial charge in [0.2, 0.25) is 0 Å². The number of carboxylic acids is 1. The Labute approximate surface area is 108 Å². The van der Waals surface area contributed by atoms with Crippen molar-refractivity contribution < 1.29 is 15.0 Å². The van der Waals surface area contributed by atoms with E-state index >= 15 is 0 Å². The molecule has 1 heterocycles. The molecule has 0 radical (unpaired) electrons. The fourth-order valence-electron chi connectivity index (χ4n) is 2.01. The number of rotatable bonds is 2. The second-order valence-electron chi connectivity index (χ2n) is 4.11. The fraction of sp³-hybridized carbons (Fsp3) is 0. The Bertz CT molecular complexity index is 777. The zero-order valence-electron chi connectivity index (χ0n) is 9.79. The maximum absolute atomic E-state index is 11.1. The number of aromatic nitrogens is 2. The van der Waals surface area contributed by atoms with E-state index in [-0.39, 0.29) is 11.3 Å². The summed E-state index contributed by atoms with van der Waals surface area (Å²) in [5, 5.41) is 18.9. The van der Waals surface area contributed by atoms with E-state index < -0.39 is 5.97 Å². The van der Waals surface area contributed by atoms with Gasteiger partial charge in [-0.2, -0.15) is 0 Å². The average molecular weight is 254 g/mol. The van der Waals surface area contributed by atoms with Crippen LogP contribution in [0.3, 0.4) is 0 Å². The Morgan fingerprint density at radius 2 is 1.89 bits per heavy atom. The van der Waals surface area contributed by atoms with Crippen molar-refractivity contribution in [1.29, 1.82) is 0 Å². The summed E-state index contributed by atoms with van der Waals surface area (Å²) in [4.78, 5) is 18.4. The maximum atomic E-state index is 11.1. The van der Waals surface area contributed by atoms with E-state index in [1.165, 1.54) is 6.07 Å². The lowest BCUT2D eigenvalue weighted by atomic mass is 10.2. The number of phenolic OH excluding ortho intramolecular Hbond substituents is 1. The topological polar surface area (TPSA) is 86.2 Å². The van der Waals surface area contributed by atoms with Gasteiger partial charge in [-0.25, -0.2) is 9.78 Å². The highest BCUT2D eigenvalue weighted by Gasteiger charge is 2.14. The van der Waals surface area contributed by atoms with Crippen molar-refractivity contribution in [3.8, 4) is 17.1 Å². The first-order valence-electron chi connectivity index (χ1n) is 5.67. The van der Waals surface area contributed by atoms with Gasteiger partial charge in [-0.1, -0.05) is 18.2 Å². The number of hydrogen-bond acceptors (Lipinski definition) is 3. The molecule has 3 N–H and O–H groups in total. The highest BCUT2D eigenvalue weighted by atomic mass is 16.4. The quantitative estimate of drug-likeness (QED) is 0.656. The van der Waals surface area contributed by atoms with E-state index in [4.69, 9.17) is 5.11 Å². The third-order valence-corrected chi connectivity index (χ3v) is 2.90. The molecule has 5 nitrogen and oxygen atoms in total. The van der Waals surface area contributed by atoms with Gasteiger partial charge < -0.3 is 15.2 Å². The number of hydrogen-bond donors (Lipinski definition) is 3. The number of aromatic amines is 1. The molecule has 0 aliphatic rings. The van der Waals surface area contributed by atoms with Crippen LogP contribution in [0.2, 0.25) is 0 Å². The Morgan fingerprint density at radius 3 is 2.63 bits per heavy atom. The molecule has 94 valence electrons. The minimum Gasteiger partial charge on any atom is -0.507 e. The van der Waals surface area contributed by atoms with Crippen molar-refractivity contribution in [2.45, 2.75) is 0 Å². The fourth-order valence-corrected chi connectivity index (χ4v) is 2.01. The van der Waals surface area contributed by atoms with E-state index in [2.05, 4.69) is 9.97 Å². The summed E-state index contributed by atoms with van der Waals surface area (Å²) in [7, 11) is 0. The predicted molar refractivity (Wildman–Crippen MR) is 70.2 cm³/mol. The molecule has 3 rings (SSSR count). The van der Waals surface area contributed by atoms with Gasteiger partial charge in [0.15, 0.2) is 0 Å².